The lowest BCUT2D eigenvalue weighted by molar-refractivity contribution is 0.285. The van der Waals surface area contributed by atoms with Gasteiger partial charge in [0.15, 0.2) is 5.65 Å². The standard InChI is InChI=1S/C19H28N8/c1-2-12-3-5-14(6-4-12)21-8-7-15(13-10-22-23-11-13)16-9-17(20)24-19-18(16)25-27-26-19/h9-12,14-15,21H,2-8H2,1H3,(H,22,23)(H3,20,24,25,26,27)/t12-,14-,15?. The van der Waals surface area contributed by atoms with Crippen LogP contribution in [0.25, 0.3) is 11.2 Å². The zero-order valence-electron chi connectivity index (χ0n) is 15.8. The van der Waals surface area contributed by atoms with Crippen molar-refractivity contribution in [3.05, 3.63) is 29.6 Å². The zero-order chi connectivity index (χ0) is 18.6. The van der Waals surface area contributed by atoms with E-state index in [1.54, 1.807) is 0 Å². The maximum Gasteiger partial charge on any atom is 0.178 e. The van der Waals surface area contributed by atoms with Crippen molar-refractivity contribution in [1.29, 1.82) is 0 Å². The second-order valence-corrected chi connectivity index (χ2v) is 7.60. The monoisotopic (exact) mass is 368 g/mol. The smallest absolute Gasteiger partial charge is 0.178 e. The molecule has 3 aromatic heterocycles. The summed E-state index contributed by atoms with van der Waals surface area (Å²) in [6.07, 6.45) is 11.3. The molecule has 8 nitrogen and oxygen atoms in total. The van der Waals surface area contributed by atoms with Crippen molar-refractivity contribution in [2.75, 3.05) is 12.3 Å². The molecule has 27 heavy (non-hydrogen) atoms. The Hall–Kier alpha value is -2.48. The molecule has 1 aliphatic carbocycles. The molecule has 0 aromatic carbocycles. The number of anilines is 1. The van der Waals surface area contributed by atoms with Crippen LogP contribution >= 0.6 is 0 Å². The predicted octanol–water partition coefficient (Wildman–Crippen LogP) is 2.74. The van der Waals surface area contributed by atoms with Gasteiger partial charge in [0.1, 0.15) is 11.3 Å². The Morgan fingerprint density at radius 3 is 2.89 bits per heavy atom. The Morgan fingerprint density at radius 1 is 1.30 bits per heavy atom. The van der Waals surface area contributed by atoms with Crippen molar-refractivity contribution in [3.8, 4) is 0 Å². The van der Waals surface area contributed by atoms with E-state index in [1.807, 2.05) is 18.5 Å². The van der Waals surface area contributed by atoms with Crippen LogP contribution in [-0.2, 0) is 0 Å². The molecule has 0 radical (unpaired) electrons. The predicted molar refractivity (Wildman–Crippen MR) is 105 cm³/mol. The van der Waals surface area contributed by atoms with Crippen molar-refractivity contribution in [2.45, 2.75) is 57.4 Å². The Labute approximate surface area is 158 Å². The highest BCUT2D eigenvalue weighted by Gasteiger charge is 2.23. The second-order valence-electron chi connectivity index (χ2n) is 7.60. The molecule has 1 aliphatic rings. The number of hydrogen-bond acceptors (Lipinski definition) is 6. The lowest BCUT2D eigenvalue weighted by Gasteiger charge is -2.29. The van der Waals surface area contributed by atoms with Gasteiger partial charge in [-0.2, -0.15) is 5.10 Å². The van der Waals surface area contributed by atoms with Crippen LogP contribution in [0.1, 0.15) is 62.5 Å². The molecule has 0 saturated heterocycles. The highest BCUT2D eigenvalue weighted by molar-refractivity contribution is 5.77. The van der Waals surface area contributed by atoms with E-state index in [9.17, 15) is 0 Å². The van der Waals surface area contributed by atoms with Gasteiger partial charge < -0.3 is 11.1 Å². The van der Waals surface area contributed by atoms with Gasteiger partial charge in [-0.15, -0.1) is 5.10 Å². The Kier molecular flexibility index (Phi) is 5.33. The number of H-pyrrole nitrogens is 2. The average molecular weight is 368 g/mol. The van der Waals surface area contributed by atoms with Crippen LogP contribution < -0.4 is 11.1 Å². The number of hydrogen-bond donors (Lipinski definition) is 4. The maximum absolute atomic E-state index is 6.02. The number of nitrogens with two attached hydrogens (primary N) is 1. The topological polar surface area (TPSA) is 121 Å². The second kappa shape index (κ2) is 8.04. The summed E-state index contributed by atoms with van der Waals surface area (Å²) < 4.78 is 0. The molecule has 0 bridgehead atoms. The van der Waals surface area contributed by atoms with Crippen LogP contribution in [0.5, 0.6) is 0 Å². The van der Waals surface area contributed by atoms with Crippen molar-refractivity contribution in [2.24, 2.45) is 5.92 Å². The van der Waals surface area contributed by atoms with Gasteiger partial charge in [-0.25, -0.2) is 10.1 Å². The zero-order valence-corrected chi connectivity index (χ0v) is 15.8. The third-order valence-corrected chi connectivity index (χ3v) is 5.94. The third kappa shape index (κ3) is 3.95. The van der Waals surface area contributed by atoms with Crippen molar-refractivity contribution in [1.82, 2.24) is 35.9 Å². The fourth-order valence-corrected chi connectivity index (χ4v) is 4.31. The number of aromatic amines is 2. The summed E-state index contributed by atoms with van der Waals surface area (Å²) >= 11 is 0. The van der Waals surface area contributed by atoms with Crippen molar-refractivity contribution >= 4 is 17.0 Å². The summed E-state index contributed by atoms with van der Waals surface area (Å²) in [5.74, 6) is 1.53. The molecule has 1 unspecified atom stereocenters. The summed E-state index contributed by atoms with van der Waals surface area (Å²) in [6, 6.07) is 2.54. The van der Waals surface area contributed by atoms with E-state index in [1.165, 1.54) is 32.1 Å². The van der Waals surface area contributed by atoms with E-state index >= 15 is 0 Å². The maximum atomic E-state index is 6.02. The Morgan fingerprint density at radius 2 is 2.15 bits per heavy atom. The minimum absolute atomic E-state index is 0.140. The van der Waals surface area contributed by atoms with Crippen LogP contribution in [0, 0.1) is 5.92 Å². The summed E-state index contributed by atoms with van der Waals surface area (Å²) in [6.45, 7) is 3.25. The van der Waals surface area contributed by atoms with E-state index in [0.717, 1.165) is 35.5 Å². The van der Waals surface area contributed by atoms with Crippen molar-refractivity contribution in [3.63, 3.8) is 0 Å². The van der Waals surface area contributed by atoms with E-state index in [4.69, 9.17) is 5.73 Å². The van der Waals surface area contributed by atoms with Crippen LogP contribution in [0.4, 0.5) is 5.82 Å². The number of pyridine rings is 1. The van der Waals surface area contributed by atoms with E-state index in [-0.39, 0.29) is 5.92 Å². The molecule has 0 spiro atoms. The van der Waals surface area contributed by atoms with Gasteiger partial charge in [-0.1, -0.05) is 18.6 Å². The van der Waals surface area contributed by atoms with Crippen LogP contribution in [0.2, 0.25) is 0 Å². The minimum atomic E-state index is 0.140. The Balaban J connectivity index is 1.48. The summed E-state index contributed by atoms with van der Waals surface area (Å²) in [5, 5.41) is 21.8. The van der Waals surface area contributed by atoms with Gasteiger partial charge in [0.25, 0.3) is 0 Å². The molecule has 8 heteroatoms. The molecule has 0 amide bonds. The highest BCUT2D eigenvalue weighted by atomic mass is 15.3. The van der Waals surface area contributed by atoms with E-state index in [2.05, 4.69) is 42.8 Å². The summed E-state index contributed by atoms with van der Waals surface area (Å²) in [4.78, 5) is 4.29. The molecule has 144 valence electrons. The summed E-state index contributed by atoms with van der Waals surface area (Å²) in [5.41, 5.74) is 9.60. The van der Waals surface area contributed by atoms with E-state index in [0.29, 0.717) is 17.5 Å². The fraction of sp³-hybridized carbons (Fsp3) is 0.579. The normalized spacial score (nSPS) is 21.5. The largest absolute Gasteiger partial charge is 0.384 e. The van der Waals surface area contributed by atoms with Gasteiger partial charge in [0.05, 0.1) is 6.20 Å². The summed E-state index contributed by atoms with van der Waals surface area (Å²) in [7, 11) is 0. The fourth-order valence-electron chi connectivity index (χ4n) is 4.31. The number of aromatic nitrogens is 6. The number of nitrogens with one attached hydrogen (secondary N) is 3. The molecule has 1 saturated carbocycles. The molecule has 1 fully saturated rings. The van der Waals surface area contributed by atoms with Gasteiger partial charge >= 0.3 is 0 Å². The SMILES string of the molecule is CC[C@H]1CC[C@H](NCCC(c2cn[nH]c2)c2cc(N)nc3[nH]nnc23)CC1. The average Bonchev–Trinajstić information content (AvgIpc) is 3.37. The molecule has 3 aromatic rings. The molecule has 3 heterocycles. The van der Waals surface area contributed by atoms with Crippen LogP contribution in [0.3, 0.4) is 0 Å². The molecule has 5 N–H and O–H groups in total. The number of rotatable bonds is 7. The molecule has 1 atom stereocenters. The first-order valence-electron chi connectivity index (χ1n) is 9.93. The molecule has 0 aliphatic heterocycles. The highest BCUT2D eigenvalue weighted by Crippen LogP contribution is 2.32. The van der Waals surface area contributed by atoms with Crippen LogP contribution in [0.15, 0.2) is 18.5 Å². The first-order valence-corrected chi connectivity index (χ1v) is 9.93. The van der Waals surface area contributed by atoms with Gasteiger partial charge in [-0.05, 0) is 61.8 Å². The van der Waals surface area contributed by atoms with Gasteiger partial charge in [-0.3, -0.25) is 5.10 Å². The number of fused-ring (bicyclic) bond motifs is 1. The lowest BCUT2D eigenvalue weighted by Crippen LogP contribution is -2.34. The lowest BCUT2D eigenvalue weighted by atomic mass is 9.84. The quantitative estimate of drug-likeness (QED) is 0.509. The van der Waals surface area contributed by atoms with Gasteiger partial charge in [0.2, 0.25) is 0 Å². The third-order valence-electron chi connectivity index (χ3n) is 5.94. The number of nitrogen functional groups attached to an aromatic ring is 1. The first kappa shape index (κ1) is 17.9. The van der Waals surface area contributed by atoms with Gasteiger partial charge in [0, 0.05) is 18.2 Å². The molecule has 4 rings (SSSR count). The molecular weight excluding hydrogens is 340 g/mol. The minimum Gasteiger partial charge on any atom is -0.384 e. The number of nitrogens with zero attached hydrogens (tertiary/aromatic N) is 4. The van der Waals surface area contributed by atoms with Crippen molar-refractivity contribution < 1.29 is 0 Å². The van der Waals surface area contributed by atoms with Crippen LogP contribution in [-0.4, -0.2) is 43.2 Å². The Bertz CT molecular complexity index is 848. The molecular formula is C19H28N8. The first-order chi connectivity index (χ1) is 13.2. The van der Waals surface area contributed by atoms with E-state index < -0.39 is 0 Å².